The third kappa shape index (κ3) is 1.74. The second-order valence-corrected chi connectivity index (χ2v) is 5.21. The van der Waals surface area contributed by atoms with Crippen molar-refractivity contribution in [3.63, 3.8) is 0 Å². The van der Waals surface area contributed by atoms with Crippen molar-refractivity contribution in [3.8, 4) is 0 Å². The van der Waals surface area contributed by atoms with Gasteiger partial charge in [-0.2, -0.15) is 9.61 Å². The van der Waals surface area contributed by atoms with Crippen molar-refractivity contribution in [1.29, 1.82) is 0 Å². The molecule has 20 heavy (non-hydrogen) atoms. The van der Waals surface area contributed by atoms with E-state index in [1.807, 2.05) is 35.8 Å². The highest BCUT2D eigenvalue weighted by atomic mass is 15.4. The van der Waals surface area contributed by atoms with Crippen molar-refractivity contribution in [1.82, 2.24) is 19.6 Å². The summed E-state index contributed by atoms with van der Waals surface area (Å²) in [5.74, 6) is 1.62. The lowest BCUT2D eigenvalue weighted by molar-refractivity contribution is 0.504. The first-order valence-corrected chi connectivity index (χ1v) is 6.78. The number of nitrogens with zero attached hydrogens (tertiary/aromatic N) is 5. The predicted molar refractivity (Wildman–Crippen MR) is 76.9 cm³/mol. The van der Waals surface area contributed by atoms with Crippen molar-refractivity contribution in [2.75, 3.05) is 18.0 Å². The minimum Gasteiger partial charge on any atom is -0.355 e. The minimum absolute atomic E-state index is 0.510. The molecule has 0 aliphatic carbocycles. The topological polar surface area (TPSA) is 46.3 Å². The lowest BCUT2D eigenvalue weighted by Gasteiger charge is -2.40. The highest BCUT2D eigenvalue weighted by Crippen LogP contribution is 2.30. The van der Waals surface area contributed by atoms with Crippen LogP contribution in [0, 0.1) is 6.92 Å². The Morgan fingerprint density at radius 3 is 2.85 bits per heavy atom. The van der Waals surface area contributed by atoms with E-state index in [9.17, 15) is 0 Å². The zero-order valence-electron chi connectivity index (χ0n) is 11.3. The van der Waals surface area contributed by atoms with Gasteiger partial charge in [-0.25, -0.2) is 4.98 Å². The van der Waals surface area contributed by atoms with Crippen molar-refractivity contribution in [2.45, 2.75) is 12.8 Å². The first-order chi connectivity index (χ1) is 9.81. The van der Waals surface area contributed by atoms with Gasteiger partial charge in [-0.1, -0.05) is 6.07 Å². The Kier molecular flexibility index (Phi) is 2.45. The number of fused-ring (bicyclic) bond motifs is 1. The number of aromatic nitrogens is 4. The van der Waals surface area contributed by atoms with Crippen LogP contribution in [0.2, 0.25) is 0 Å². The van der Waals surface area contributed by atoms with Gasteiger partial charge in [-0.3, -0.25) is 4.98 Å². The summed E-state index contributed by atoms with van der Waals surface area (Å²) >= 11 is 0. The van der Waals surface area contributed by atoms with Crippen molar-refractivity contribution in [3.05, 3.63) is 54.1 Å². The molecule has 1 aliphatic rings. The predicted octanol–water partition coefficient (Wildman–Crippen LogP) is 2.04. The van der Waals surface area contributed by atoms with Crippen LogP contribution in [-0.2, 0) is 0 Å². The summed E-state index contributed by atoms with van der Waals surface area (Å²) in [5.41, 5.74) is 3.10. The van der Waals surface area contributed by atoms with E-state index in [2.05, 4.69) is 32.1 Å². The van der Waals surface area contributed by atoms with E-state index < -0.39 is 0 Å². The SMILES string of the molecule is Cc1cc(N2CC(c3ccccn3)C2)n2nccc2n1. The van der Waals surface area contributed by atoms with E-state index in [0.29, 0.717) is 5.92 Å². The first kappa shape index (κ1) is 11.4. The summed E-state index contributed by atoms with van der Waals surface area (Å²) in [6.45, 7) is 3.98. The molecule has 3 aromatic heterocycles. The maximum absolute atomic E-state index is 4.48. The van der Waals surface area contributed by atoms with Gasteiger partial charge in [0.2, 0.25) is 0 Å². The molecular formula is C15H15N5. The van der Waals surface area contributed by atoms with Gasteiger partial charge in [0.05, 0.1) is 6.20 Å². The molecule has 3 aromatic rings. The molecular weight excluding hydrogens is 250 g/mol. The number of pyridine rings is 1. The average molecular weight is 265 g/mol. The third-order valence-corrected chi connectivity index (χ3v) is 3.78. The molecule has 0 saturated carbocycles. The van der Waals surface area contributed by atoms with E-state index in [4.69, 9.17) is 0 Å². The average Bonchev–Trinajstić information content (AvgIpc) is 2.86. The molecule has 0 bridgehead atoms. The molecule has 0 N–H and O–H groups in total. The van der Waals surface area contributed by atoms with Gasteiger partial charge < -0.3 is 4.90 Å². The second-order valence-electron chi connectivity index (χ2n) is 5.21. The van der Waals surface area contributed by atoms with Gasteiger partial charge >= 0.3 is 0 Å². The van der Waals surface area contributed by atoms with Crippen LogP contribution in [0.25, 0.3) is 5.65 Å². The zero-order chi connectivity index (χ0) is 13.5. The number of aryl methyl sites for hydroxylation is 1. The molecule has 5 nitrogen and oxygen atoms in total. The van der Waals surface area contributed by atoms with Crippen LogP contribution in [0.15, 0.2) is 42.7 Å². The van der Waals surface area contributed by atoms with Gasteiger partial charge in [0, 0.05) is 48.7 Å². The maximum atomic E-state index is 4.48. The Morgan fingerprint density at radius 1 is 1.15 bits per heavy atom. The van der Waals surface area contributed by atoms with Gasteiger partial charge in [0.1, 0.15) is 5.82 Å². The van der Waals surface area contributed by atoms with Crippen LogP contribution >= 0.6 is 0 Å². The first-order valence-electron chi connectivity index (χ1n) is 6.78. The fraction of sp³-hybridized carbons (Fsp3) is 0.267. The zero-order valence-corrected chi connectivity index (χ0v) is 11.3. The Labute approximate surface area is 116 Å². The van der Waals surface area contributed by atoms with Crippen LogP contribution < -0.4 is 4.90 Å². The summed E-state index contributed by atoms with van der Waals surface area (Å²) in [7, 11) is 0. The fourth-order valence-corrected chi connectivity index (χ4v) is 2.71. The van der Waals surface area contributed by atoms with E-state index in [-0.39, 0.29) is 0 Å². The molecule has 100 valence electrons. The molecule has 0 spiro atoms. The van der Waals surface area contributed by atoms with Gasteiger partial charge in [-0.05, 0) is 19.1 Å². The van der Waals surface area contributed by atoms with Gasteiger partial charge in [0.25, 0.3) is 0 Å². The molecule has 4 heterocycles. The molecule has 1 aliphatic heterocycles. The molecule has 0 aromatic carbocycles. The number of hydrogen-bond donors (Lipinski definition) is 0. The van der Waals surface area contributed by atoms with E-state index in [1.165, 1.54) is 5.69 Å². The highest BCUT2D eigenvalue weighted by molar-refractivity contribution is 5.53. The number of rotatable bonds is 2. The minimum atomic E-state index is 0.510. The molecule has 0 atom stereocenters. The third-order valence-electron chi connectivity index (χ3n) is 3.78. The maximum Gasteiger partial charge on any atom is 0.157 e. The Morgan fingerprint density at radius 2 is 2.05 bits per heavy atom. The monoisotopic (exact) mass is 265 g/mol. The van der Waals surface area contributed by atoms with Crippen molar-refractivity contribution < 1.29 is 0 Å². The summed E-state index contributed by atoms with van der Waals surface area (Å²) < 4.78 is 1.90. The summed E-state index contributed by atoms with van der Waals surface area (Å²) in [5, 5.41) is 4.36. The standard InChI is InChI=1S/C15H15N5/c1-11-8-15(20-14(18-11)5-7-17-20)19-9-12(10-19)13-4-2-3-6-16-13/h2-8,12H,9-10H2,1H3. The Balaban J connectivity index is 1.62. The smallest absolute Gasteiger partial charge is 0.157 e. The lowest BCUT2D eigenvalue weighted by Crippen LogP contribution is -2.46. The molecule has 0 radical (unpaired) electrons. The quantitative estimate of drug-likeness (QED) is 0.711. The molecule has 0 unspecified atom stereocenters. The lowest BCUT2D eigenvalue weighted by atomic mass is 9.96. The van der Waals surface area contributed by atoms with Gasteiger partial charge in [-0.15, -0.1) is 0 Å². The van der Waals surface area contributed by atoms with Gasteiger partial charge in [0.15, 0.2) is 5.65 Å². The van der Waals surface area contributed by atoms with Crippen molar-refractivity contribution in [2.24, 2.45) is 0 Å². The van der Waals surface area contributed by atoms with E-state index in [0.717, 1.165) is 30.2 Å². The van der Waals surface area contributed by atoms with Crippen LogP contribution in [0.3, 0.4) is 0 Å². The van der Waals surface area contributed by atoms with E-state index in [1.54, 1.807) is 6.20 Å². The van der Waals surface area contributed by atoms with Crippen molar-refractivity contribution >= 4 is 11.5 Å². The van der Waals surface area contributed by atoms with Crippen LogP contribution in [-0.4, -0.2) is 32.7 Å². The summed E-state index contributed by atoms with van der Waals surface area (Å²) in [4.78, 5) is 11.2. The number of hydrogen-bond acceptors (Lipinski definition) is 4. The van der Waals surface area contributed by atoms with E-state index >= 15 is 0 Å². The largest absolute Gasteiger partial charge is 0.355 e. The molecule has 1 saturated heterocycles. The molecule has 1 fully saturated rings. The second kappa shape index (κ2) is 4.30. The highest BCUT2D eigenvalue weighted by Gasteiger charge is 2.30. The number of anilines is 1. The normalized spacial score (nSPS) is 15.6. The molecule has 0 amide bonds. The van der Waals surface area contributed by atoms with Crippen LogP contribution in [0.5, 0.6) is 0 Å². The Bertz CT molecular complexity index is 743. The summed E-state index contributed by atoms with van der Waals surface area (Å²) in [6, 6.07) is 10.1. The Hall–Kier alpha value is -2.43. The van der Waals surface area contributed by atoms with Crippen LogP contribution in [0.1, 0.15) is 17.3 Å². The fourth-order valence-electron chi connectivity index (χ4n) is 2.71. The summed E-state index contributed by atoms with van der Waals surface area (Å²) in [6.07, 6.45) is 3.65. The van der Waals surface area contributed by atoms with Crippen LogP contribution in [0.4, 0.5) is 5.82 Å². The molecule has 5 heteroatoms. The molecule has 4 rings (SSSR count).